The quantitative estimate of drug-likeness (QED) is 0.551. The van der Waals surface area contributed by atoms with Gasteiger partial charge in [-0.05, 0) is 25.1 Å². The third-order valence-electron chi connectivity index (χ3n) is 3.49. The number of hydrogen-bond acceptors (Lipinski definition) is 4. The number of halogens is 2. The normalized spacial score (nSPS) is 11.0. The molecule has 3 aromatic rings. The molecule has 3 rings (SSSR count). The summed E-state index contributed by atoms with van der Waals surface area (Å²) < 4.78 is 28.0. The van der Waals surface area contributed by atoms with Crippen LogP contribution in [0, 0.1) is 18.6 Å². The second kappa shape index (κ2) is 6.67. The smallest absolute Gasteiger partial charge is 0.278 e. The second-order valence-corrected chi connectivity index (χ2v) is 6.37. The molecule has 1 amide bonds. The molecule has 0 spiro atoms. The molecular weight excluding hydrogens is 350 g/mol. The number of carbonyl (C=O) groups is 1. The zero-order valence-corrected chi connectivity index (χ0v) is 14.2. The molecule has 2 heterocycles. The van der Waals surface area contributed by atoms with E-state index in [1.54, 1.807) is 13.1 Å². The van der Waals surface area contributed by atoms with E-state index in [1.165, 1.54) is 4.57 Å². The molecule has 0 fully saturated rings. The Morgan fingerprint density at radius 2 is 2.12 bits per heavy atom. The van der Waals surface area contributed by atoms with E-state index in [0.717, 1.165) is 35.7 Å². The van der Waals surface area contributed by atoms with E-state index in [2.05, 4.69) is 15.3 Å². The number of nitrogens with zero attached hydrogens (tertiary/aromatic N) is 2. The van der Waals surface area contributed by atoms with Gasteiger partial charge in [-0.1, -0.05) is 11.8 Å². The number of aryl methyl sites for hydroxylation is 1. The van der Waals surface area contributed by atoms with Crippen molar-refractivity contribution < 1.29 is 13.6 Å². The largest absolute Gasteiger partial charge is 0.353 e. The van der Waals surface area contributed by atoms with Gasteiger partial charge in [-0.3, -0.25) is 14.2 Å². The van der Waals surface area contributed by atoms with E-state index in [9.17, 15) is 18.4 Å². The number of nitrogens with one attached hydrogen (secondary N) is 2. The first-order valence-corrected chi connectivity index (χ1v) is 8.28. The maximum absolute atomic E-state index is 13.5. The summed E-state index contributed by atoms with van der Waals surface area (Å²) in [6, 6.07) is 4.54. The number of fused-ring (bicyclic) bond motifs is 1. The summed E-state index contributed by atoms with van der Waals surface area (Å²) in [6.07, 6.45) is 0. The van der Waals surface area contributed by atoms with Gasteiger partial charge in [0, 0.05) is 18.8 Å². The molecule has 0 radical (unpaired) electrons. The molecule has 130 valence electrons. The minimum Gasteiger partial charge on any atom is -0.353 e. The van der Waals surface area contributed by atoms with Crippen molar-refractivity contribution in [2.75, 3.05) is 11.1 Å². The van der Waals surface area contributed by atoms with Crippen LogP contribution < -0.4 is 10.9 Å². The van der Waals surface area contributed by atoms with E-state index < -0.39 is 17.5 Å². The maximum atomic E-state index is 13.5. The fraction of sp³-hybridized carbons (Fsp3) is 0.188. The Hall–Kier alpha value is -2.68. The molecular formula is C16H14F2N4O2S. The van der Waals surface area contributed by atoms with E-state index in [-0.39, 0.29) is 17.0 Å². The molecule has 2 N–H and O–H groups in total. The number of benzene rings is 1. The average Bonchev–Trinajstić information content (AvgIpc) is 2.93. The molecule has 0 atom stereocenters. The summed E-state index contributed by atoms with van der Waals surface area (Å²) in [5.41, 5.74) is 1.23. The van der Waals surface area contributed by atoms with Crippen molar-refractivity contribution in [2.24, 2.45) is 7.05 Å². The molecule has 6 nitrogen and oxygen atoms in total. The first kappa shape index (κ1) is 17.2. The standard InChI is InChI=1S/C16H14F2N4O2S/c1-8-5-12-14(19-8)15(24)22(2)16(21-12)25-7-13(23)20-11-6-9(17)3-4-10(11)18/h3-6,19H,7H2,1-2H3,(H,20,23). The monoisotopic (exact) mass is 364 g/mol. The van der Waals surface area contributed by atoms with E-state index >= 15 is 0 Å². The van der Waals surface area contributed by atoms with Crippen molar-refractivity contribution in [3.05, 3.63) is 51.9 Å². The van der Waals surface area contributed by atoms with Crippen molar-refractivity contribution in [3.8, 4) is 0 Å². The summed E-state index contributed by atoms with van der Waals surface area (Å²) in [5, 5.41) is 2.65. The van der Waals surface area contributed by atoms with Crippen LogP contribution in [0.4, 0.5) is 14.5 Å². The number of amides is 1. The highest BCUT2D eigenvalue weighted by atomic mass is 32.2. The van der Waals surface area contributed by atoms with Crippen LogP contribution in [0.25, 0.3) is 11.0 Å². The molecule has 0 unspecified atom stereocenters. The second-order valence-electron chi connectivity index (χ2n) is 5.43. The molecule has 1 aromatic carbocycles. The van der Waals surface area contributed by atoms with Crippen LogP contribution >= 0.6 is 11.8 Å². The van der Waals surface area contributed by atoms with Crippen LogP contribution in [0.2, 0.25) is 0 Å². The number of anilines is 1. The van der Waals surface area contributed by atoms with Crippen LogP contribution in [0.3, 0.4) is 0 Å². The zero-order chi connectivity index (χ0) is 18.1. The summed E-state index contributed by atoms with van der Waals surface area (Å²) in [7, 11) is 1.55. The minimum atomic E-state index is -0.727. The number of carbonyl (C=O) groups excluding carboxylic acids is 1. The first-order chi connectivity index (χ1) is 11.8. The lowest BCUT2D eigenvalue weighted by Gasteiger charge is -2.08. The molecule has 2 aromatic heterocycles. The molecule has 0 aliphatic heterocycles. The Morgan fingerprint density at radius 1 is 1.36 bits per heavy atom. The Morgan fingerprint density at radius 3 is 2.88 bits per heavy atom. The lowest BCUT2D eigenvalue weighted by molar-refractivity contribution is -0.113. The predicted octanol–water partition coefficient (Wildman–Crippen LogP) is 2.58. The van der Waals surface area contributed by atoms with Crippen LogP contribution in [0.15, 0.2) is 34.2 Å². The zero-order valence-electron chi connectivity index (χ0n) is 13.4. The van der Waals surface area contributed by atoms with E-state index in [4.69, 9.17) is 0 Å². The molecule has 0 saturated carbocycles. The van der Waals surface area contributed by atoms with Gasteiger partial charge in [0.15, 0.2) is 5.16 Å². The van der Waals surface area contributed by atoms with Gasteiger partial charge in [0.25, 0.3) is 5.56 Å². The van der Waals surface area contributed by atoms with Gasteiger partial charge in [-0.2, -0.15) is 0 Å². The van der Waals surface area contributed by atoms with E-state index in [0.29, 0.717) is 16.2 Å². The fourth-order valence-electron chi connectivity index (χ4n) is 2.30. The van der Waals surface area contributed by atoms with Gasteiger partial charge in [0.1, 0.15) is 17.2 Å². The highest BCUT2D eigenvalue weighted by Gasteiger charge is 2.13. The number of rotatable bonds is 4. The maximum Gasteiger partial charge on any atom is 0.278 e. The van der Waals surface area contributed by atoms with Gasteiger partial charge in [0.05, 0.1) is 17.0 Å². The van der Waals surface area contributed by atoms with Crippen LogP contribution in [0.1, 0.15) is 5.69 Å². The Kier molecular flexibility index (Phi) is 4.58. The number of H-pyrrole nitrogens is 1. The fourth-order valence-corrected chi connectivity index (χ4v) is 3.07. The predicted molar refractivity (Wildman–Crippen MR) is 91.8 cm³/mol. The molecule has 0 aliphatic rings. The first-order valence-electron chi connectivity index (χ1n) is 7.29. The number of hydrogen-bond donors (Lipinski definition) is 2. The summed E-state index contributed by atoms with van der Waals surface area (Å²) >= 11 is 1.03. The average molecular weight is 364 g/mol. The van der Waals surface area contributed by atoms with Crippen LogP contribution in [-0.4, -0.2) is 26.2 Å². The highest BCUT2D eigenvalue weighted by molar-refractivity contribution is 7.99. The van der Waals surface area contributed by atoms with Gasteiger partial charge >= 0.3 is 0 Å². The van der Waals surface area contributed by atoms with Crippen molar-refractivity contribution >= 4 is 34.4 Å². The third kappa shape index (κ3) is 3.55. The number of aromatic amines is 1. The molecule has 0 bridgehead atoms. The Bertz CT molecular complexity index is 1030. The number of thioether (sulfide) groups is 1. The van der Waals surface area contributed by atoms with Gasteiger partial charge in [-0.25, -0.2) is 13.8 Å². The van der Waals surface area contributed by atoms with E-state index in [1.807, 2.05) is 6.92 Å². The van der Waals surface area contributed by atoms with Crippen molar-refractivity contribution in [2.45, 2.75) is 12.1 Å². The van der Waals surface area contributed by atoms with Gasteiger partial charge in [-0.15, -0.1) is 0 Å². The Balaban J connectivity index is 1.76. The Labute approximate surface area is 145 Å². The van der Waals surface area contributed by atoms with Crippen molar-refractivity contribution in [1.82, 2.24) is 14.5 Å². The molecule has 0 saturated heterocycles. The van der Waals surface area contributed by atoms with Crippen molar-refractivity contribution in [3.63, 3.8) is 0 Å². The summed E-state index contributed by atoms with van der Waals surface area (Å²) in [4.78, 5) is 31.5. The van der Waals surface area contributed by atoms with Crippen LogP contribution in [0.5, 0.6) is 0 Å². The lowest BCUT2D eigenvalue weighted by atomic mass is 10.3. The third-order valence-corrected chi connectivity index (χ3v) is 4.52. The SMILES string of the molecule is Cc1cc2nc(SCC(=O)Nc3cc(F)ccc3F)n(C)c(=O)c2[nH]1. The molecule has 9 heteroatoms. The molecule has 0 aliphatic carbocycles. The van der Waals surface area contributed by atoms with Gasteiger partial charge < -0.3 is 10.3 Å². The molecule has 25 heavy (non-hydrogen) atoms. The van der Waals surface area contributed by atoms with Crippen LogP contribution in [-0.2, 0) is 11.8 Å². The van der Waals surface area contributed by atoms with Gasteiger partial charge in [0.2, 0.25) is 5.91 Å². The summed E-state index contributed by atoms with van der Waals surface area (Å²) in [6.45, 7) is 1.81. The minimum absolute atomic E-state index is 0.106. The number of aromatic nitrogens is 3. The van der Waals surface area contributed by atoms with Crippen molar-refractivity contribution in [1.29, 1.82) is 0 Å². The summed E-state index contributed by atoms with van der Waals surface area (Å²) in [5.74, 6) is -2.02. The lowest BCUT2D eigenvalue weighted by Crippen LogP contribution is -2.21. The topological polar surface area (TPSA) is 79.8 Å². The highest BCUT2D eigenvalue weighted by Crippen LogP contribution is 2.19.